The van der Waals surface area contributed by atoms with Gasteiger partial charge in [-0.1, -0.05) is 11.6 Å². The molecule has 1 aliphatic heterocycles. The van der Waals surface area contributed by atoms with Gasteiger partial charge in [0.05, 0.1) is 37.0 Å². The van der Waals surface area contributed by atoms with E-state index in [0.29, 0.717) is 29.5 Å². The summed E-state index contributed by atoms with van der Waals surface area (Å²) in [4.78, 5) is 12.0. The van der Waals surface area contributed by atoms with Crippen molar-refractivity contribution in [2.45, 2.75) is 6.04 Å². The number of methoxy groups -OCH3 is 1. The molecule has 2 rings (SSSR count). The lowest BCUT2D eigenvalue weighted by Crippen LogP contribution is -2.48. The van der Waals surface area contributed by atoms with Gasteiger partial charge in [0.15, 0.2) is 0 Å². The third-order valence-corrected chi connectivity index (χ3v) is 3.98. The maximum absolute atomic E-state index is 12.0. The molecular weight excluding hydrogens is 356 g/mol. The first kappa shape index (κ1) is 12.9. The number of carbonyl (C=O) groups excluding carboxylic acids is 1. The van der Waals surface area contributed by atoms with Gasteiger partial charge in [-0.05, 0) is 34.7 Å². The summed E-state index contributed by atoms with van der Waals surface area (Å²) in [6.07, 6.45) is 0. The summed E-state index contributed by atoms with van der Waals surface area (Å²) in [6.45, 7) is 1.12. The quantitative estimate of drug-likeness (QED) is 0.832. The van der Waals surface area contributed by atoms with Crippen LogP contribution in [0.25, 0.3) is 0 Å². The molecule has 0 aliphatic carbocycles. The lowest BCUT2D eigenvalue weighted by molar-refractivity contribution is -0.00350. The van der Waals surface area contributed by atoms with Crippen molar-refractivity contribution < 1.29 is 14.3 Å². The summed E-state index contributed by atoms with van der Waals surface area (Å²) in [5, 5.41) is 3.39. The largest absolute Gasteiger partial charge is 0.496 e. The molecule has 1 heterocycles. The van der Waals surface area contributed by atoms with Gasteiger partial charge >= 0.3 is 0 Å². The van der Waals surface area contributed by atoms with E-state index in [1.165, 1.54) is 7.11 Å². The minimum absolute atomic E-state index is 0.0882. The molecule has 1 aromatic rings. The number of benzene rings is 1. The molecule has 1 N–H and O–H groups in total. The lowest BCUT2D eigenvalue weighted by Gasteiger charge is -2.27. The molecule has 1 amide bonds. The van der Waals surface area contributed by atoms with E-state index in [4.69, 9.17) is 21.1 Å². The van der Waals surface area contributed by atoms with Crippen LogP contribution in [0.15, 0.2) is 12.1 Å². The van der Waals surface area contributed by atoms with Crippen molar-refractivity contribution in [1.82, 2.24) is 5.32 Å². The fourth-order valence-electron chi connectivity index (χ4n) is 1.46. The summed E-state index contributed by atoms with van der Waals surface area (Å²) in [5.74, 6) is 0.338. The van der Waals surface area contributed by atoms with E-state index in [0.717, 1.165) is 3.57 Å². The molecule has 0 aromatic heterocycles. The monoisotopic (exact) mass is 367 g/mol. The molecule has 0 atom stereocenters. The minimum atomic E-state index is -0.187. The van der Waals surface area contributed by atoms with Crippen molar-refractivity contribution in [3.05, 3.63) is 26.3 Å². The van der Waals surface area contributed by atoms with Crippen LogP contribution in [-0.2, 0) is 4.74 Å². The Hall–Kier alpha value is -0.530. The maximum Gasteiger partial charge on any atom is 0.255 e. The Balaban J connectivity index is 2.23. The molecule has 6 heteroatoms. The highest BCUT2D eigenvalue weighted by Crippen LogP contribution is 2.28. The molecule has 0 spiro atoms. The Labute approximate surface area is 118 Å². The van der Waals surface area contributed by atoms with Crippen LogP contribution in [0.4, 0.5) is 0 Å². The van der Waals surface area contributed by atoms with Crippen LogP contribution in [0.2, 0.25) is 5.02 Å². The molecule has 1 aliphatic rings. The number of hydrogen-bond acceptors (Lipinski definition) is 3. The highest BCUT2D eigenvalue weighted by Gasteiger charge is 2.23. The zero-order valence-electron chi connectivity index (χ0n) is 9.13. The number of rotatable bonds is 3. The Morgan fingerprint density at radius 3 is 2.82 bits per heavy atom. The van der Waals surface area contributed by atoms with Crippen LogP contribution in [0, 0.1) is 3.57 Å². The average Bonchev–Trinajstić information content (AvgIpc) is 2.26. The topological polar surface area (TPSA) is 47.6 Å². The van der Waals surface area contributed by atoms with Crippen LogP contribution in [-0.4, -0.2) is 32.3 Å². The van der Waals surface area contributed by atoms with E-state index < -0.39 is 0 Å². The van der Waals surface area contributed by atoms with E-state index in [-0.39, 0.29) is 11.9 Å². The SMILES string of the molecule is COc1cc(I)c(Cl)cc1C(=O)NC1COC1. The molecular formula is C11H11ClINO3. The van der Waals surface area contributed by atoms with Gasteiger partial charge in [0.1, 0.15) is 5.75 Å². The standard InChI is InChI=1S/C11H11ClINO3/c1-16-10-3-9(13)8(12)2-7(10)11(15)14-6-4-17-5-6/h2-3,6H,4-5H2,1H3,(H,14,15). The molecule has 4 nitrogen and oxygen atoms in total. The number of ether oxygens (including phenoxy) is 2. The fraction of sp³-hybridized carbons (Fsp3) is 0.364. The highest BCUT2D eigenvalue weighted by molar-refractivity contribution is 14.1. The van der Waals surface area contributed by atoms with Gasteiger partial charge in [0.25, 0.3) is 5.91 Å². The van der Waals surface area contributed by atoms with Crippen molar-refractivity contribution in [3.8, 4) is 5.75 Å². The molecule has 17 heavy (non-hydrogen) atoms. The second-order valence-corrected chi connectivity index (χ2v) is 5.24. The Morgan fingerprint density at radius 1 is 1.59 bits per heavy atom. The molecule has 92 valence electrons. The van der Waals surface area contributed by atoms with E-state index in [2.05, 4.69) is 27.9 Å². The first-order valence-corrected chi connectivity index (χ1v) is 6.49. The molecule has 0 unspecified atom stereocenters. The average molecular weight is 368 g/mol. The van der Waals surface area contributed by atoms with Gasteiger partial charge in [0, 0.05) is 3.57 Å². The molecule has 1 fully saturated rings. The van der Waals surface area contributed by atoms with E-state index >= 15 is 0 Å². The van der Waals surface area contributed by atoms with E-state index in [1.54, 1.807) is 12.1 Å². The second kappa shape index (κ2) is 5.41. The van der Waals surface area contributed by atoms with E-state index in [1.807, 2.05) is 0 Å². The Morgan fingerprint density at radius 2 is 2.29 bits per heavy atom. The predicted molar refractivity (Wildman–Crippen MR) is 72.8 cm³/mol. The van der Waals surface area contributed by atoms with Crippen molar-refractivity contribution in [2.24, 2.45) is 0 Å². The lowest BCUT2D eigenvalue weighted by atomic mass is 10.1. The predicted octanol–water partition coefficient (Wildman–Crippen LogP) is 2.08. The molecule has 1 aromatic carbocycles. The van der Waals surface area contributed by atoms with Crippen molar-refractivity contribution in [2.75, 3.05) is 20.3 Å². The number of hydrogen-bond donors (Lipinski definition) is 1. The van der Waals surface area contributed by atoms with Crippen LogP contribution >= 0.6 is 34.2 Å². The number of nitrogens with one attached hydrogen (secondary N) is 1. The van der Waals surface area contributed by atoms with Crippen LogP contribution in [0.1, 0.15) is 10.4 Å². The molecule has 1 saturated heterocycles. The third-order valence-electron chi connectivity index (χ3n) is 2.46. The fourth-order valence-corrected chi connectivity index (χ4v) is 2.06. The third kappa shape index (κ3) is 2.83. The first-order valence-electron chi connectivity index (χ1n) is 5.03. The number of amides is 1. The Kier molecular flexibility index (Phi) is 4.11. The number of carbonyl (C=O) groups is 1. The number of halogens is 2. The van der Waals surface area contributed by atoms with Gasteiger partial charge < -0.3 is 14.8 Å². The van der Waals surface area contributed by atoms with Crippen LogP contribution < -0.4 is 10.1 Å². The van der Waals surface area contributed by atoms with Crippen LogP contribution in [0.3, 0.4) is 0 Å². The highest BCUT2D eigenvalue weighted by atomic mass is 127. The van der Waals surface area contributed by atoms with Gasteiger partial charge in [-0.15, -0.1) is 0 Å². The van der Waals surface area contributed by atoms with Gasteiger partial charge in [-0.2, -0.15) is 0 Å². The zero-order chi connectivity index (χ0) is 12.4. The van der Waals surface area contributed by atoms with Crippen molar-refractivity contribution in [3.63, 3.8) is 0 Å². The minimum Gasteiger partial charge on any atom is -0.496 e. The zero-order valence-corrected chi connectivity index (χ0v) is 12.0. The summed E-state index contributed by atoms with van der Waals surface area (Å²) < 4.78 is 11.0. The van der Waals surface area contributed by atoms with E-state index in [9.17, 15) is 4.79 Å². The summed E-state index contributed by atoms with van der Waals surface area (Å²) in [6, 6.07) is 3.46. The summed E-state index contributed by atoms with van der Waals surface area (Å²) in [5.41, 5.74) is 0.449. The normalized spacial score (nSPS) is 15.2. The van der Waals surface area contributed by atoms with Crippen molar-refractivity contribution >= 4 is 40.1 Å². The molecule has 0 saturated carbocycles. The first-order chi connectivity index (χ1) is 8.11. The van der Waals surface area contributed by atoms with Crippen molar-refractivity contribution in [1.29, 1.82) is 0 Å². The van der Waals surface area contributed by atoms with Gasteiger partial charge in [-0.25, -0.2) is 0 Å². The van der Waals surface area contributed by atoms with Gasteiger partial charge in [0.2, 0.25) is 0 Å². The summed E-state index contributed by atoms with van der Waals surface area (Å²) in [7, 11) is 1.53. The summed E-state index contributed by atoms with van der Waals surface area (Å²) >= 11 is 8.10. The second-order valence-electron chi connectivity index (χ2n) is 3.67. The molecule has 0 radical (unpaired) electrons. The molecule has 0 bridgehead atoms. The Bertz CT molecular complexity index is 449. The smallest absolute Gasteiger partial charge is 0.255 e. The van der Waals surface area contributed by atoms with Gasteiger partial charge in [-0.3, -0.25) is 4.79 Å². The maximum atomic E-state index is 12.0. The van der Waals surface area contributed by atoms with Crippen LogP contribution in [0.5, 0.6) is 5.75 Å².